The van der Waals surface area contributed by atoms with Crippen LogP contribution >= 0.6 is 0 Å². The van der Waals surface area contributed by atoms with Crippen molar-refractivity contribution in [3.8, 4) is 0 Å². The molecule has 4 aliphatic carbocycles. The second-order valence-corrected chi connectivity index (χ2v) is 11.4. The van der Waals surface area contributed by atoms with Gasteiger partial charge in [0, 0.05) is 12.1 Å². The van der Waals surface area contributed by atoms with Crippen LogP contribution in [-0.4, -0.2) is 19.1 Å². The van der Waals surface area contributed by atoms with E-state index in [2.05, 4.69) is 59.1 Å². The van der Waals surface area contributed by atoms with Crippen molar-refractivity contribution >= 4 is 0 Å². The zero-order chi connectivity index (χ0) is 19.6. The second-order valence-electron chi connectivity index (χ2n) is 11.4. The number of hydrogen-bond donors (Lipinski definition) is 2. The van der Waals surface area contributed by atoms with E-state index in [1.54, 1.807) is 11.1 Å². The molecule has 0 amide bonds. The van der Waals surface area contributed by atoms with Gasteiger partial charge in [-0.2, -0.15) is 0 Å². The first-order valence-corrected chi connectivity index (χ1v) is 11.5. The SMILES string of the molecule is CN[C@H]1CCC2=CC3=CC[C@]4(C)[C@@H]([C@H](C)N)CC[C@@]4(C)[C@@H]3CC[C@H]2C1(C)C. The van der Waals surface area contributed by atoms with E-state index >= 15 is 0 Å². The molecule has 2 nitrogen and oxygen atoms in total. The minimum Gasteiger partial charge on any atom is -0.328 e. The average molecular weight is 371 g/mol. The maximum atomic E-state index is 6.47. The van der Waals surface area contributed by atoms with Crippen molar-refractivity contribution in [1.29, 1.82) is 0 Å². The smallest absolute Gasteiger partial charge is 0.0124 e. The highest BCUT2D eigenvalue weighted by molar-refractivity contribution is 5.37. The van der Waals surface area contributed by atoms with Crippen LogP contribution in [-0.2, 0) is 0 Å². The molecule has 4 aliphatic rings. The Morgan fingerprint density at radius 2 is 1.74 bits per heavy atom. The van der Waals surface area contributed by atoms with Crippen LogP contribution < -0.4 is 11.1 Å². The molecule has 152 valence electrons. The van der Waals surface area contributed by atoms with Crippen molar-refractivity contribution in [2.24, 2.45) is 39.7 Å². The lowest BCUT2D eigenvalue weighted by Crippen LogP contribution is -2.49. The minimum absolute atomic E-state index is 0.314. The maximum absolute atomic E-state index is 6.47. The van der Waals surface area contributed by atoms with Gasteiger partial charge in [-0.15, -0.1) is 0 Å². The van der Waals surface area contributed by atoms with Gasteiger partial charge in [-0.3, -0.25) is 0 Å². The third kappa shape index (κ3) is 2.65. The summed E-state index contributed by atoms with van der Waals surface area (Å²) in [7, 11) is 2.15. The van der Waals surface area contributed by atoms with E-state index in [4.69, 9.17) is 5.73 Å². The van der Waals surface area contributed by atoms with Gasteiger partial charge in [0.2, 0.25) is 0 Å². The molecule has 0 saturated heterocycles. The molecule has 0 spiro atoms. The highest BCUT2D eigenvalue weighted by atomic mass is 14.9. The fourth-order valence-corrected chi connectivity index (χ4v) is 8.14. The van der Waals surface area contributed by atoms with Crippen LogP contribution in [0, 0.1) is 34.0 Å². The van der Waals surface area contributed by atoms with Gasteiger partial charge >= 0.3 is 0 Å². The fourth-order valence-electron chi connectivity index (χ4n) is 8.14. The van der Waals surface area contributed by atoms with E-state index in [0.717, 1.165) is 11.8 Å². The molecule has 4 rings (SSSR count). The van der Waals surface area contributed by atoms with Crippen molar-refractivity contribution in [3.63, 3.8) is 0 Å². The van der Waals surface area contributed by atoms with Crippen LogP contribution in [0.2, 0.25) is 0 Å². The predicted molar refractivity (Wildman–Crippen MR) is 115 cm³/mol. The summed E-state index contributed by atoms with van der Waals surface area (Å²) >= 11 is 0. The normalized spacial score (nSPS) is 47.1. The lowest BCUT2D eigenvalue weighted by atomic mass is 9.51. The highest BCUT2D eigenvalue weighted by Crippen LogP contribution is 2.67. The van der Waals surface area contributed by atoms with Crippen molar-refractivity contribution in [1.82, 2.24) is 5.32 Å². The van der Waals surface area contributed by atoms with Gasteiger partial charge in [0.15, 0.2) is 0 Å². The fraction of sp³-hybridized carbons (Fsp3) is 0.840. The van der Waals surface area contributed by atoms with Gasteiger partial charge in [-0.05, 0) is 98.5 Å². The van der Waals surface area contributed by atoms with Crippen LogP contribution in [0.5, 0.6) is 0 Å². The van der Waals surface area contributed by atoms with Gasteiger partial charge in [-0.25, -0.2) is 0 Å². The van der Waals surface area contributed by atoms with E-state index in [9.17, 15) is 0 Å². The largest absolute Gasteiger partial charge is 0.328 e. The number of hydrogen-bond acceptors (Lipinski definition) is 2. The van der Waals surface area contributed by atoms with E-state index < -0.39 is 0 Å². The third-order valence-electron chi connectivity index (χ3n) is 10.1. The molecule has 27 heavy (non-hydrogen) atoms. The Labute approximate surface area is 167 Å². The standard InChI is InChI=1S/C25H42N2/c1-16(26)19-12-14-25(5)21-9-8-20-17(7-10-22(27-6)23(20,2)3)15-18(21)11-13-24(19,25)4/h11,15-16,19-22,27H,7-10,12-14,26H2,1-6H3/t16-,19+,20+,21+,22-,24+,25-/m0/s1. The minimum atomic E-state index is 0.314. The van der Waals surface area contributed by atoms with Gasteiger partial charge in [0.05, 0.1) is 0 Å². The highest BCUT2D eigenvalue weighted by Gasteiger charge is 2.60. The molecule has 0 bridgehead atoms. The number of rotatable bonds is 2. The van der Waals surface area contributed by atoms with E-state index in [0.29, 0.717) is 34.2 Å². The van der Waals surface area contributed by atoms with Crippen LogP contribution in [0.1, 0.15) is 79.6 Å². The Bertz CT molecular complexity index is 657. The Morgan fingerprint density at radius 1 is 1.04 bits per heavy atom. The number of fused-ring (bicyclic) bond motifs is 4. The molecule has 2 saturated carbocycles. The molecular formula is C25H42N2. The molecule has 0 aliphatic heterocycles. The zero-order valence-electron chi connectivity index (χ0n) is 18.6. The topological polar surface area (TPSA) is 38.0 Å². The summed E-state index contributed by atoms with van der Waals surface area (Å²) in [5.41, 5.74) is 11.0. The van der Waals surface area contributed by atoms with Crippen molar-refractivity contribution in [2.75, 3.05) is 7.05 Å². The molecule has 0 aromatic carbocycles. The molecule has 0 aromatic heterocycles. The lowest BCUT2D eigenvalue weighted by molar-refractivity contribution is 0.00392. The Morgan fingerprint density at radius 3 is 2.41 bits per heavy atom. The summed E-state index contributed by atoms with van der Waals surface area (Å²) in [4.78, 5) is 0. The third-order valence-corrected chi connectivity index (χ3v) is 10.1. The van der Waals surface area contributed by atoms with Crippen molar-refractivity contribution in [3.05, 3.63) is 23.3 Å². The molecule has 0 unspecified atom stereocenters. The van der Waals surface area contributed by atoms with E-state index in [-0.39, 0.29) is 0 Å². The summed E-state index contributed by atoms with van der Waals surface area (Å²) in [6, 6.07) is 0.956. The number of nitrogens with two attached hydrogens (primary N) is 1. The monoisotopic (exact) mass is 370 g/mol. The molecule has 3 N–H and O–H groups in total. The summed E-state index contributed by atoms with van der Waals surface area (Å²) in [6.07, 6.45) is 14.5. The molecule has 0 aromatic rings. The van der Waals surface area contributed by atoms with Gasteiger partial charge in [0.1, 0.15) is 0 Å². The van der Waals surface area contributed by atoms with Gasteiger partial charge in [-0.1, -0.05) is 45.4 Å². The van der Waals surface area contributed by atoms with Crippen molar-refractivity contribution in [2.45, 2.75) is 91.6 Å². The van der Waals surface area contributed by atoms with Crippen molar-refractivity contribution < 1.29 is 0 Å². The molecule has 7 atom stereocenters. The van der Waals surface area contributed by atoms with E-state index in [1.807, 2.05) is 0 Å². The van der Waals surface area contributed by atoms with Crippen LogP contribution in [0.3, 0.4) is 0 Å². The van der Waals surface area contributed by atoms with E-state index in [1.165, 1.54) is 44.9 Å². The molecule has 2 heteroatoms. The first kappa shape index (κ1) is 19.7. The van der Waals surface area contributed by atoms with Gasteiger partial charge < -0.3 is 11.1 Å². The van der Waals surface area contributed by atoms with Gasteiger partial charge in [0.25, 0.3) is 0 Å². The summed E-state index contributed by atoms with van der Waals surface area (Å²) < 4.78 is 0. The Kier molecular flexibility index (Phi) is 4.71. The molecule has 0 heterocycles. The summed E-state index contributed by atoms with van der Waals surface area (Å²) in [6.45, 7) is 12.4. The number of allylic oxidation sites excluding steroid dienone is 4. The summed E-state index contributed by atoms with van der Waals surface area (Å²) in [5, 5.41) is 3.62. The van der Waals surface area contributed by atoms with Crippen LogP contribution in [0.25, 0.3) is 0 Å². The first-order chi connectivity index (χ1) is 12.6. The summed E-state index contributed by atoms with van der Waals surface area (Å²) in [5.74, 6) is 2.13. The number of nitrogens with one attached hydrogen (secondary N) is 1. The zero-order valence-corrected chi connectivity index (χ0v) is 18.6. The van der Waals surface area contributed by atoms with Crippen LogP contribution in [0.4, 0.5) is 0 Å². The lowest BCUT2D eigenvalue weighted by Gasteiger charge is -2.53. The predicted octanol–water partition coefficient (Wildman–Crippen LogP) is 5.45. The average Bonchev–Trinajstić information content (AvgIpc) is 2.75. The Hall–Kier alpha value is -0.600. The Balaban J connectivity index is 1.70. The molecular weight excluding hydrogens is 328 g/mol. The second kappa shape index (κ2) is 6.46. The quantitative estimate of drug-likeness (QED) is 0.678. The first-order valence-electron chi connectivity index (χ1n) is 11.5. The molecule has 0 radical (unpaired) electrons. The van der Waals surface area contributed by atoms with Crippen LogP contribution in [0.15, 0.2) is 23.3 Å². The molecule has 2 fully saturated rings. The maximum Gasteiger partial charge on any atom is 0.0124 e.